The second kappa shape index (κ2) is 4.75. The highest BCUT2D eigenvalue weighted by Gasteiger charge is 2.29. The first-order valence-corrected chi connectivity index (χ1v) is 5.85. The maximum Gasteiger partial charge on any atom is 0.275 e. The van der Waals surface area contributed by atoms with Crippen LogP contribution in [-0.2, 0) is 9.59 Å². The van der Waals surface area contributed by atoms with Gasteiger partial charge in [-0.2, -0.15) is 10.3 Å². The van der Waals surface area contributed by atoms with Crippen molar-refractivity contribution in [2.75, 3.05) is 5.43 Å². The zero-order chi connectivity index (χ0) is 14.2. The van der Waals surface area contributed by atoms with Gasteiger partial charge in [-0.3, -0.25) is 15.0 Å². The number of carbonyl (C=O) groups is 2. The second-order valence-electron chi connectivity index (χ2n) is 3.69. The topological polar surface area (TPSA) is 105 Å². The van der Waals surface area contributed by atoms with E-state index in [0.717, 1.165) is 5.01 Å². The van der Waals surface area contributed by atoms with E-state index in [4.69, 9.17) is 29.7 Å². The van der Waals surface area contributed by atoms with Crippen LogP contribution in [0.2, 0.25) is 0 Å². The molecule has 2 rings (SSSR count). The first-order chi connectivity index (χ1) is 8.93. The van der Waals surface area contributed by atoms with Crippen molar-refractivity contribution in [3.8, 4) is 6.07 Å². The number of aromatic nitrogens is 2. The highest BCUT2D eigenvalue weighted by molar-refractivity contribution is 7.72. The molecule has 0 saturated carbocycles. The summed E-state index contributed by atoms with van der Waals surface area (Å²) in [7, 11) is 0. The highest BCUT2D eigenvalue weighted by atomic mass is 32.1. The molecule has 19 heavy (non-hydrogen) atoms. The van der Waals surface area contributed by atoms with E-state index in [9.17, 15) is 9.59 Å². The van der Waals surface area contributed by atoms with Gasteiger partial charge < -0.3 is 9.97 Å². The molecule has 0 fully saturated rings. The fraction of sp³-hybridized carbons (Fsp3) is 0.100. The van der Waals surface area contributed by atoms with Crippen LogP contribution < -0.4 is 5.43 Å². The van der Waals surface area contributed by atoms with Crippen LogP contribution in [0.4, 0.5) is 5.82 Å². The third kappa shape index (κ3) is 2.31. The van der Waals surface area contributed by atoms with Gasteiger partial charge in [-0.15, -0.1) is 0 Å². The van der Waals surface area contributed by atoms with E-state index in [0.29, 0.717) is 5.57 Å². The Kier molecular flexibility index (Phi) is 3.28. The van der Waals surface area contributed by atoms with Gasteiger partial charge in [0.05, 0.1) is 0 Å². The van der Waals surface area contributed by atoms with Crippen molar-refractivity contribution in [2.45, 2.75) is 6.92 Å². The summed E-state index contributed by atoms with van der Waals surface area (Å²) in [6.07, 6.45) is 1.19. The molecule has 1 aromatic heterocycles. The van der Waals surface area contributed by atoms with Crippen LogP contribution >= 0.6 is 24.4 Å². The molecule has 9 heteroatoms. The minimum atomic E-state index is -0.524. The average Bonchev–Trinajstić information content (AvgIpc) is 2.55. The standard InChI is InChI=1S/C10H7N5O2S2/c1-4-2-6(16)15(9(4)17)14-7-5(3-11)8(18)13-10(19)12-7/h2H,1H3,(H3,12,13,14,18,19). The molecule has 0 aromatic carbocycles. The van der Waals surface area contributed by atoms with Gasteiger partial charge in [0, 0.05) is 11.6 Å². The zero-order valence-corrected chi connectivity index (χ0v) is 11.2. The average molecular weight is 293 g/mol. The SMILES string of the molecule is CC1=CC(=O)N(Nc2[nH]c(=S)[nH]c(=S)c2C#N)C1=O. The normalized spacial score (nSPS) is 14.3. The van der Waals surface area contributed by atoms with Crippen LogP contribution in [0, 0.1) is 20.7 Å². The zero-order valence-electron chi connectivity index (χ0n) is 9.60. The Morgan fingerprint density at radius 3 is 2.58 bits per heavy atom. The van der Waals surface area contributed by atoms with E-state index < -0.39 is 11.8 Å². The lowest BCUT2D eigenvalue weighted by molar-refractivity contribution is -0.135. The number of anilines is 1. The Balaban J connectivity index is 2.44. The lowest BCUT2D eigenvalue weighted by Crippen LogP contribution is -2.37. The Labute approximate surface area is 117 Å². The lowest BCUT2D eigenvalue weighted by Gasteiger charge is -2.17. The fourth-order valence-electron chi connectivity index (χ4n) is 1.48. The van der Waals surface area contributed by atoms with Gasteiger partial charge >= 0.3 is 0 Å². The van der Waals surface area contributed by atoms with Gasteiger partial charge in [0.2, 0.25) is 0 Å². The summed E-state index contributed by atoms with van der Waals surface area (Å²) in [4.78, 5) is 28.5. The second-order valence-corrected chi connectivity index (χ2v) is 4.50. The van der Waals surface area contributed by atoms with Crippen LogP contribution in [0.25, 0.3) is 0 Å². The van der Waals surface area contributed by atoms with Gasteiger partial charge in [0.1, 0.15) is 22.1 Å². The Morgan fingerprint density at radius 2 is 2.05 bits per heavy atom. The van der Waals surface area contributed by atoms with Crippen molar-refractivity contribution in [3.63, 3.8) is 0 Å². The van der Waals surface area contributed by atoms with Crippen LogP contribution in [0.3, 0.4) is 0 Å². The van der Waals surface area contributed by atoms with Gasteiger partial charge in [0.15, 0.2) is 4.77 Å². The summed E-state index contributed by atoms with van der Waals surface area (Å²) in [5.41, 5.74) is 2.89. The number of carbonyl (C=O) groups excluding carboxylic acids is 2. The largest absolute Gasteiger partial charge is 0.322 e. The molecule has 1 aromatic rings. The summed E-state index contributed by atoms with van der Waals surface area (Å²) < 4.78 is 0.299. The number of hydrogen-bond donors (Lipinski definition) is 3. The molecular formula is C10H7N5O2S2. The summed E-state index contributed by atoms with van der Waals surface area (Å²) in [5.74, 6) is -0.919. The maximum absolute atomic E-state index is 11.7. The number of aromatic amines is 2. The van der Waals surface area contributed by atoms with Crippen molar-refractivity contribution in [1.29, 1.82) is 5.26 Å². The molecule has 96 valence electrons. The van der Waals surface area contributed by atoms with E-state index in [1.807, 2.05) is 6.07 Å². The molecule has 1 aliphatic heterocycles. The Bertz CT molecular complexity index is 767. The number of hydrogen-bond acceptors (Lipinski definition) is 6. The molecule has 0 atom stereocenters. The number of nitrogens with one attached hydrogen (secondary N) is 3. The fourth-order valence-corrected chi connectivity index (χ4v) is 2.00. The molecule has 2 amide bonds. The van der Waals surface area contributed by atoms with Crippen LogP contribution in [0.1, 0.15) is 12.5 Å². The molecular weight excluding hydrogens is 286 g/mol. The predicted molar refractivity (Wildman–Crippen MR) is 70.8 cm³/mol. The number of nitriles is 1. The Morgan fingerprint density at radius 1 is 1.37 bits per heavy atom. The smallest absolute Gasteiger partial charge is 0.275 e. The number of hydrazine groups is 1. The molecule has 3 N–H and O–H groups in total. The number of rotatable bonds is 2. The number of imide groups is 1. The molecule has 7 nitrogen and oxygen atoms in total. The molecule has 0 unspecified atom stereocenters. The van der Waals surface area contributed by atoms with Crippen molar-refractivity contribution < 1.29 is 9.59 Å². The third-order valence-electron chi connectivity index (χ3n) is 2.38. The Hall–Kier alpha value is -2.31. The molecule has 0 aliphatic carbocycles. The van der Waals surface area contributed by atoms with Crippen LogP contribution in [0.15, 0.2) is 11.6 Å². The molecule has 1 aliphatic rings. The van der Waals surface area contributed by atoms with Gasteiger partial charge in [-0.05, 0) is 19.1 Å². The number of nitrogens with zero attached hydrogens (tertiary/aromatic N) is 2. The number of H-pyrrole nitrogens is 2. The molecule has 0 bridgehead atoms. The minimum Gasteiger partial charge on any atom is -0.322 e. The van der Waals surface area contributed by atoms with E-state index >= 15 is 0 Å². The van der Waals surface area contributed by atoms with E-state index in [-0.39, 0.29) is 20.8 Å². The third-order valence-corrected chi connectivity index (χ3v) is 2.89. The van der Waals surface area contributed by atoms with Crippen molar-refractivity contribution in [1.82, 2.24) is 15.0 Å². The van der Waals surface area contributed by atoms with Crippen LogP contribution in [-0.4, -0.2) is 26.8 Å². The quantitative estimate of drug-likeness (QED) is 0.561. The summed E-state index contributed by atoms with van der Waals surface area (Å²) in [5, 5.41) is 9.80. The molecule has 0 saturated heterocycles. The van der Waals surface area contributed by atoms with Crippen molar-refractivity contribution in [3.05, 3.63) is 26.6 Å². The first kappa shape index (κ1) is 13.1. The van der Waals surface area contributed by atoms with Crippen molar-refractivity contribution >= 4 is 42.1 Å². The van der Waals surface area contributed by atoms with Crippen molar-refractivity contribution in [2.24, 2.45) is 0 Å². The highest BCUT2D eigenvalue weighted by Crippen LogP contribution is 2.17. The summed E-state index contributed by atoms with van der Waals surface area (Å²) in [6, 6.07) is 1.86. The maximum atomic E-state index is 11.7. The molecule has 0 spiro atoms. The van der Waals surface area contributed by atoms with Gasteiger partial charge in [0.25, 0.3) is 11.8 Å². The monoisotopic (exact) mass is 293 g/mol. The summed E-state index contributed by atoms with van der Waals surface area (Å²) >= 11 is 9.83. The number of amides is 2. The summed E-state index contributed by atoms with van der Waals surface area (Å²) in [6.45, 7) is 1.52. The molecule has 0 radical (unpaired) electrons. The van der Waals surface area contributed by atoms with E-state index in [2.05, 4.69) is 15.4 Å². The first-order valence-electron chi connectivity index (χ1n) is 5.04. The minimum absolute atomic E-state index is 0.0637. The van der Waals surface area contributed by atoms with E-state index in [1.165, 1.54) is 13.0 Å². The van der Waals surface area contributed by atoms with Gasteiger partial charge in [-0.25, -0.2) is 0 Å². The lowest BCUT2D eigenvalue weighted by atomic mass is 10.3. The van der Waals surface area contributed by atoms with E-state index in [1.54, 1.807) is 0 Å². The predicted octanol–water partition coefficient (Wildman–Crippen LogP) is 1.32. The molecule has 2 heterocycles. The van der Waals surface area contributed by atoms with Crippen LogP contribution in [0.5, 0.6) is 0 Å². The van der Waals surface area contributed by atoms with Gasteiger partial charge in [-0.1, -0.05) is 12.2 Å².